The summed E-state index contributed by atoms with van der Waals surface area (Å²) in [5, 5.41) is 11.8. The smallest absolute Gasteiger partial charge is 0.272 e. The molecule has 2 aliphatic carbocycles. The molecule has 7 nitrogen and oxygen atoms in total. The van der Waals surface area contributed by atoms with Gasteiger partial charge in [-0.2, -0.15) is 5.10 Å². The second-order valence-electron chi connectivity index (χ2n) is 8.52. The van der Waals surface area contributed by atoms with E-state index in [1.165, 1.54) is 11.3 Å². The number of thiophene rings is 1. The lowest BCUT2D eigenvalue weighted by molar-refractivity contribution is -0.0196. The topological polar surface area (TPSA) is 101 Å². The first-order valence-electron chi connectivity index (χ1n) is 10.1. The van der Waals surface area contributed by atoms with Crippen LogP contribution >= 0.6 is 11.3 Å². The zero-order valence-electron chi connectivity index (χ0n) is 16.1. The Morgan fingerprint density at radius 3 is 2.67 bits per heavy atom. The number of hydrogen-bond donors (Lipinski definition) is 2. The van der Waals surface area contributed by atoms with Crippen LogP contribution in [0.1, 0.15) is 47.0 Å². The molecule has 30 heavy (non-hydrogen) atoms. The van der Waals surface area contributed by atoms with Gasteiger partial charge in [0.05, 0.1) is 16.0 Å². The molecule has 0 unspecified atom stereocenters. The van der Waals surface area contributed by atoms with Crippen molar-refractivity contribution in [2.75, 3.05) is 0 Å². The van der Waals surface area contributed by atoms with E-state index in [4.69, 9.17) is 0 Å². The molecule has 150 valence electrons. The van der Waals surface area contributed by atoms with Gasteiger partial charge in [0.25, 0.3) is 11.5 Å². The average molecular weight is 417 g/mol. The lowest BCUT2D eigenvalue weighted by Crippen LogP contribution is -2.55. The Labute approximate surface area is 175 Å². The highest BCUT2D eigenvalue weighted by molar-refractivity contribution is 7.20. The monoisotopic (exact) mass is 417 g/mol. The van der Waals surface area contributed by atoms with Crippen molar-refractivity contribution >= 4 is 38.4 Å². The summed E-state index contributed by atoms with van der Waals surface area (Å²) in [4.78, 5) is 34.6. The van der Waals surface area contributed by atoms with Gasteiger partial charge in [0.1, 0.15) is 10.3 Å². The fraction of sp³-hybridized carbons (Fsp3) is 0.318. The minimum absolute atomic E-state index is 0.0381. The molecule has 1 aromatic carbocycles. The molecule has 0 atom stereocenters. The van der Waals surface area contributed by atoms with Crippen molar-refractivity contribution in [2.24, 2.45) is 5.41 Å². The molecule has 3 aromatic heterocycles. The molecule has 2 N–H and O–H groups in total. The largest absolute Gasteiger partial charge is 0.349 e. The van der Waals surface area contributed by atoms with Crippen LogP contribution in [0.3, 0.4) is 0 Å². The molecular formula is C22H19N5O2S. The maximum absolute atomic E-state index is 12.6. The molecule has 0 bridgehead atoms. The van der Waals surface area contributed by atoms with Gasteiger partial charge in [-0.1, -0.05) is 18.2 Å². The van der Waals surface area contributed by atoms with Gasteiger partial charge < -0.3 is 5.32 Å². The Hall–Kier alpha value is -3.13. The summed E-state index contributed by atoms with van der Waals surface area (Å²) >= 11 is 1.38. The van der Waals surface area contributed by atoms with Gasteiger partial charge in [0.2, 0.25) is 0 Å². The van der Waals surface area contributed by atoms with Crippen LogP contribution < -0.4 is 10.9 Å². The van der Waals surface area contributed by atoms with E-state index in [0.29, 0.717) is 21.6 Å². The lowest BCUT2D eigenvalue weighted by atomic mass is 9.49. The van der Waals surface area contributed by atoms with Crippen molar-refractivity contribution in [3.8, 4) is 0 Å². The van der Waals surface area contributed by atoms with Gasteiger partial charge in [0.15, 0.2) is 0 Å². The van der Waals surface area contributed by atoms with E-state index in [1.54, 1.807) is 12.4 Å². The summed E-state index contributed by atoms with van der Waals surface area (Å²) in [5.41, 5.74) is 1.92. The summed E-state index contributed by atoms with van der Waals surface area (Å²) in [5.74, 6) is 0.326. The summed E-state index contributed by atoms with van der Waals surface area (Å²) in [6.45, 7) is 0. The molecule has 2 aliphatic rings. The third-order valence-electron chi connectivity index (χ3n) is 6.55. The molecular weight excluding hydrogens is 398 g/mol. The number of carbonyl (C=O) groups excluding carboxylic acids is 1. The highest BCUT2D eigenvalue weighted by Crippen LogP contribution is 2.62. The Morgan fingerprint density at radius 2 is 1.87 bits per heavy atom. The van der Waals surface area contributed by atoms with Gasteiger partial charge >= 0.3 is 0 Å². The first kappa shape index (κ1) is 17.7. The van der Waals surface area contributed by atoms with Crippen LogP contribution in [0.25, 0.3) is 21.1 Å². The van der Waals surface area contributed by atoms with Crippen molar-refractivity contribution in [2.45, 2.75) is 37.6 Å². The van der Waals surface area contributed by atoms with Crippen LogP contribution in [-0.2, 0) is 0 Å². The van der Waals surface area contributed by atoms with Gasteiger partial charge in [-0.05, 0) is 43.2 Å². The third kappa shape index (κ3) is 2.74. The van der Waals surface area contributed by atoms with Crippen LogP contribution in [0.4, 0.5) is 0 Å². The number of rotatable bonds is 3. The molecule has 0 aliphatic heterocycles. The van der Waals surface area contributed by atoms with E-state index in [9.17, 15) is 9.59 Å². The van der Waals surface area contributed by atoms with Crippen LogP contribution in [0.2, 0.25) is 0 Å². The lowest BCUT2D eigenvalue weighted by Gasteiger charge is -2.57. The zero-order valence-corrected chi connectivity index (χ0v) is 16.9. The number of aromatic nitrogens is 4. The zero-order chi connectivity index (χ0) is 20.3. The van der Waals surface area contributed by atoms with Crippen LogP contribution in [0, 0.1) is 5.41 Å². The number of nitrogens with one attached hydrogen (secondary N) is 2. The van der Waals surface area contributed by atoms with E-state index in [2.05, 4.69) is 25.5 Å². The summed E-state index contributed by atoms with van der Waals surface area (Å²) in [7, 11) is 0. The molecule has 8 heteroatoms. The number of benzene rings is 1. The van der Waals surface area contributed by atoms with Gasteiger partial charge in [-0.15, -0.1) is 11.3 Å². The van der Waals surface area contributed by atoms with Crippen LogP contribution in [-0.4, -0.2) is 32.1 Å². The molecule has 2 fully saturated rings. The SMILES string of the molecule is O=C(NC1CC2(C1)CC(c1n[nH]c(=O)c3ccccc13)C2)c1cc2nccnc2s1. The Balaban J connectivity index is 1.11. The number of aromatic amines is 1. The van der Waals surface area contributed by atoms with Crippen molar-refractivity contribution < 1.29 is 4.79 Å². The Bertz CT molecular complexity index is 1310. The minimum atomic E-state index is -0.138. The maximum atomic E-state index is 12.6. The van der Waals surface area contributed by atoms with Gasteiger partial charge in [-0.3, -0.25) is 14.6 Å². The van der Waals surface area contributed by atoms with Crippen LogP contribution in [0.5, 0.6) is 0 Å². The molecule has 1 spiro atoms. The van der Waals surface area contributed by atoms with E-state index in [1.807, 2.05) is 30.3 Å². The van der Waals surface area contributed by atoms with Gasteiger partial charge in [0, 0.05) is 29.7 Å². The summed E-state index contributed by atoms with van der Waals surface area (Å²) in [6, 6.07) is 9.69. The first-order valence-corrected chi connectivity index (χ1v) is 10.9. The number of carbonyl (C=O) groups is 1. The number of fused-ring (bicyclic) bond motifs is 2. The predicted octanol–water partition coefficient (Wildman–Crippen LogP) is 3.38. The molecule has 6 rings (SSSR count). The number of nitrogens with zero attached hydrogens (tertiary/aromatic N) is 3. The van der Waals surface area contributed by atoms with Crippen molar-refractivity contribution in [3.63, 3.8) is 0 Å². The second-order valence-corrected chi connectivity index (χ2v) is 9.56. The quantitative estimate of drug-likeness (QED) is 0.532. The fourth-order valence-electron chi connectivity index (χ4n) is 5.19. The molecule has 0 radical (unpaired) electrons. The molecule has 0 saturated heterocycles. The molecule has 3 heterocycles. The second kappa shape index (κ2) is 6.43. The van der Waals surface area contributed by atoms with E-state index in [0.717, 1.165) is 47.1 Å². The van der Waals surface area contributed by atoms with Crippen molar-refractivity contribution in [1.82, 2.24) is 25.5 Å². The van der Waals surface area contributed by atoms with E-state index >= 15 is 0 Å². The van der Waals surface area contributed by atoms with E-state index < -0.39 is 0 Å². The first-order chi connectivity index (χ1) is 14.6. The Morgan fingerprint density at radius 1 is 1.10 bits per heavy atom. The van der Waals surface area contributed by atoms with Crippen LogP contribution in [0.15, 0.2) is 47.5 Å². The maximum Gasteiger partial charge on any atom is 0.272 e. The van der Waals surface area contributed by atoms with E-state index in [-0.39, 0.29) is 17.5 Å². The standard InChI is InChI=1S/C22H19N5O2S/c28-19-15-4-2-1-3-14(15)18(26-27-19)12-8-22(9-12)10-13(11-22)25-20(29)17-7-16-21(30-17)24-6-5-23-16/h1-7,12-13H,8-11H2,(H,25,29)(H,27,28). The van der Waals surface area contributed by atoms with Crippen molar-refractivity contribution in [3.05, 3.63) is 63.7 Å². The summed E-state index contributed by atoms with van der Waals surface area (Å²) in [6.07, 6.45) is 7.39. The number of H-pyrrole nitrogens is 1. The Kier molecular flexibility index (Phi) is 3.80. The summed E-state index contributed by atoms with van der Waals surface area (Å²) < 4.78 is 0. The molecule has 4 aromatic rings. The highest BCUT2D eigenvalue weighted by Gasteiger charge is 2.54. The fourth-order valence-corrected chi connectivity index (χ4v) is 6.05. The van der Waals surface area contributed by atoms with Gasteiger partial charge in [-0.25, -0.2) is 10.1 Å². The number of hydrogen-bond acceptors (Lipinski definition) is 6. The molecule has 2 saturated carbocycles. The minimum Gasteiger partial charge on any atom is -0.349 e. The number of amides is 1. The predicted molar refractivity (Wildman–Crippen MR) is 115 cm³/mol. The normalized spacial score (nSPS) is 25.2. The van der Waals surface area contributed by atoms with Crippen molar-refractivity contribution in [1.29, 1.82) is 0 Å². The average Bonchev–Trinajstić information content (AvgIpc) is 3.14. The third-order valence-corrected chi connectivity index (χ3v) is 7.59. The highest BCUT2D eigenvalue weighted by atomic mass is 32.1. The molecule has 1 amide bonds.